The number of aliphatic imine (C=N–C) groups is 1. The Hall–Kier alpha value is -1.34. The molecule has 26 heavy (non-hydrogen) atoms. The Bertz CT molecular complexity index is 805. The molecule has 0 bridgehead atoms. The molecule has 1 aromatic rings. The topological polar surface area (TPSA) is 61.8 Å². The van der Waals surface area contributed by atoms with Crippen LogP contribution < -0.4 is 5.32 Å². The summed E-state index contributed by atoms with van der Waals surface area (Å²) >= 11 is 6.17. The van der Waals surface area contributed by atoms with Gasteiger partial charge in [0.2, 0.25) is 0 Å². The Morgan fingerprint density at radius 2 is 2.19 bits per heavy atom. The normalized spacial score (nSPS) is 27.3. The van der Waals surface area contributed by atoms with Crippen LogP contribution in [0.3, 0.4) is 0 Å². The van der Waals surface area contributed by atoms with E-state index < -0.39 is 14.6 Å². The molecule has 8 heteroatoms. The monoisotopic (exact) mass is 401 g/mol. The standard InChI is InChI=1S/C18H25ClFN3O2S/c1-4-21-17(23-8-9-26(24,25)18(2,3)11-23)22-15-10-12(15)16-13(19)6-5-7-14(16)20/h5-7,12,15H,4,8-11H2,1-3H3,(H,21,22). The summed E-state index contributed by atoms with van der Waals surface area (Å²) in [5, 5.41) is 3.83. The van der Waals surface area contributed by atoms with E-state index in [1.807, 2.05) is 11.8 Å². The number of hydrogen-bond donors (Lipinski definition) is 1. The van der Waals surface area contributed by atoms with E-state index in [1.54, 1.807) is 26.0 Å². The van der Waals surface area contributed by atoms with Crippen LogP contribution in [0, 0.1) is 5.82 Å². The SMILES string of the molecule is CCN=C(NC1CC1c1c(F)cccc1Cl)N1CCS(=O)(=O)C(C)(C)C1. The molecule has 1 aliphatic heterocycles. The zero-order valence-electron chi connectivity index (χ0n) is 15.3. The summed E-state index contributed by atoms with van der Waals surface area (Å²) in [6.07, 6.45) is 0.777. The van der Waals surface area contributed by atoms with Crippen LogP contribution >= 0.6 is 11.6 Å². The van der Waals surface area contributed by atoms with E-state index >= 15 is 0 Å². The Labute approximate surface area is 159 Å². The molecule has 1 aliphatic carbocycles. The van der Waals surface area contributed by atoms with Crippen molar-refractivity contribution in [2.45, 2.75) is 43.9 Å². The Morgan fingerprint density at radius 1 is 1.46 bits per heavy atom. The Morgan fingerprint density at radius 3 is 2.81 bits per heavy atom. The molecular weight excluding hydrogens is 377 g/mol. The summed E-state index contributed by atoms with van der Waals surface area (Å²) in [5.74, 6) is 0.520. The fraction of sp³-hybridized carbons (Fsp3) is 0.611. The Kier molecular flexibility index (Phi) is 5.23. The molecule has 0 spiro atoms. The van der Waals surface area contributed by atoms with Gasteiger partial charge in [0.1, 0.15) is 5.82 Å². The molecule has 2 fully saturated rings. The summed E-state index contributed by atoms with van der Waals surface area (Å²) in [4.78, 5) is 6.51. The van der Waals surface area contributed by atoms with E-state index in [2.05, 4.69) is 10.3 Å². The van der Waals surface area contributed by atoms with Crippen molar-refractivity contribution in [3.8, 4) is 0 Å². The van der Waals surface area contributed by atoms with Gasteiger partial charge in [-0.15, -0.1) is 0 Å². The molecule has 1 N–H and O–H groups in total. The lowest BCUT2D eigenvalue weighted by atomic mass is 10.1. The highest BCUT2D eigenvalue weighted by Crippen LogP contribution is 2.45. The molecule has 1 saturated heterocycles. The third-order valence-corrected chi connectivity index (χ3v) is 7.99. The molecule has 1 heterocycles. The second kappa shape index (κ2) is 7.00. The lowest BCUT2D eigenvalue weighted by Crippen LogP contribution is -2.57. The average Bonchev–Trinajstić information content (AvgIpc) is 3.28. The van der Waals surface area contributed by atoms with Crippen LogP contribution in [-0.4, -0.2) is 55.5 Å². The van der Waals surface area contributed by atoms with Crippen molar-refractivity contribution >= 4 is 27.4 Å². The first-order chi connectivity index (χ1) is 12.2. The van der Waals surface area contributed by atoms with Gasteiger partial charge in [0.25, 0.3) is 0 Å². The summed E-state index contributed by atoms with van der Waals surface area (Å²) < 4.78 is 37.8. The van der Waals surface area contributed by atoms with Gasteiger partial charge in [-0.3, -0.25) is 4.99 Å². The van der Waals surface area contributed by atoms with E-state index in [4.69, 9.17) is 11.6 Å². The molecule has 5 nitrogen and oxygen atoms in total. The van der Waals surface area contributed by atoms with Crippen molar-refractivity contribution in [3.05, 3.63) is 34.6 Å². The first-order valence-corrected chi connectivity index (χ1v) is 10.9. The lowest BCUT2D eigenvalue weighted by Gasteiger charge is -2.39. The predicted molar refractivity (Wildman–Crippen MR) is 103 cm³/mol. The van der Waals surface area contributed by atoms with Gasteiger partial charge < -0.3 is 10.2 Å². The van der Waals surface area contributed by atoms with Gasteiger partial charge in [0, 0.05) is 42.2 Å². The maximum absolute atomic E-state index is 14.1. The summed E-state index contributed by atoms with van der Waals surface area (Å²) in [7, 11) is -3.11. The molecule has 0 radical (unpaired) electrons. The van der Waals surface area contributed by atoms with Crippen LogP contribution in [0.25, 0.3) is 0 Å². The third-order valence-electron chi connectivity index (χ3n) is 5.13. The first kappa shape index (κ1) is 19.4. The lowest BCUT2D eigenvalue weighted by molar-refractivity contribution is 0.352. The van der Waals surface area contributed by atoms with Crippen LogP contribution in [0.5, 0.6) is 0 Å². The summed E-state index contributed by atoms with van der Waals surface area (Å²) in [6.45, 7) is 6.82. The minimum absolute atomic E-state index is 0.00675. The molecule has 1 saturated carbocycles. The minimum atomic E-state index is -3.11. The smallest absolute Gasteiger partial charge is 0.194 e. The average molecular weight is 402 g/mol. The second-order valence-electron chi connectivity index (χ2n) is 7.53. The van der Waals surface area contributed by atoms with Gasteiger partial charge in [-0.2, -0.15) is 0 Å². The van der Waals surface area contributed by atoms with Crippen molar-refractivity contribution < 1.29 is 12.8 Å². The van der Waals surface area contributed by atoms with E-state index in [9.17, 15) is 12.8 Å². The van der Waals surface area contributed by atoms with Gasteiger partial charge in [-0.05, 0) is 39.3 Å². The number of halogens is 2. The van der Waals surface area contributed by atoms with E-state index in [0.717, 1.165) is 6.42 Å². The van der Waals surface area contributed by atoms with E-state index in [-0.39, 0.29) is 23.5 Å². The highest BCUT2D eigenvalue weighted by Gasteiger charge is 2.45. The number of benzene rings is 1. The summed E-state index contributed by atoms with van der Waals surface area (Å²) in [5.41, 5.74) is 0.545. The van der Waals surface area contributed by atoms with Crippen LogP contribution in [0.1, 0.15) is 38.7 Å². The van der Waals surface area contributed by atoms with Crippen molar-refractivity contribution in [1.29, 1.82) is 0 Å². The van der Waals surface area contributed by atoms with E-state index in [0.29, 0.717) is 36.2 Å². The number of hydrogen-bond acceptors (Lipinski definition) is 3. The van der Waals surface area contributed by atoms with Crippen LogP contribution in [0.4, 0.5) is 4.39 Å². The molecule has 0 amide bonds. The Balaban J connectivity index is 1.73. The fourth-order valence-corrected chi connectivity index (χ4v) is 5.08. The van der Waals surface area contributed by atoms with Gasteiger partial charge in [-0.1, -0.05) is 17.7 Å². The van der Waals surface area contributed by atoms with Gasteiger partial charge >= 0.3 is 0 Å². The van der Waals surface area contributed by atoms with E-state index in [1.165, 1.54) is 6.07 Å². The highest BCUT2D eigenvalue weighted by molar-refractivity contribution is 7.92. The van der Waals surface area contributed by atoms with Gasteiger partial charge in [0.15, 0.2) is 15.8 Å². The molecule has 1 aromatic carbocycles. The van der Waals surface area contributed by atoms with Crippen LogP contribution in [-0.2, 0) is 9.84 Å². The predicted octanol–water partition coefficient (Wildman–Crippen LogP) is 2.81. The zero-order chi connectivity index (χ0) is 19.1. The van der Waals surface area contributed by atoms with Crippen molar-refractivity contribution in [2.75, 3.05) is 25.4 Å². The number of sulfone groups is 1. The van der Waals surface area contributed by atoms with Gasteiger partial charge in [0.05, 0.1) is 10.5 Å². The number of nitrogens with zero attached hydrogens (tertiary/aromatic N) is 2. The number of guanidine groups is 1. The molecule has 2 aliphatic rings. The molecule has 2 unspecified atom stereocenters. The fourth-order valence-electron chi connectivity index (χ4n) is 3.42. The van der Waals surface area contributed by atoms with Crippen molar-refractivity contribution in [1.82, 2.24) is 10.2 Å². The van der Waals surface area contributed by atoms with Crippen molar-refractivity contribution in [3.63, 3.8) is 0 Å². The molecule has 0 aromatic heterocycles. The number of rotatable bonds is 3. The maximum atomic E-state index is 14.1. The quantitative estimate of drug-likeness (QED) is 0.625. The number of nitrogens with one attached hydrogen (secondary N) is 1. The van der Waals surface area contributed by atoms with Crippen LogP contribution in [0.2, 0.25) is 5.02 Å². The third kappa shape index (κ3) is 3.69. The molecule has 2 atom stereocenters. The maximum Gasteiger partial charge on any atom is 0.194 e. The molecular formula is C18H25ClFN3O2S. The minimum Gasteiger partial charge on any atom is -0.353 e. The molecule has 3 rings (SSSR count). The second-order valence-corrected chi connectivity index (χ2v) is 10.7. The van der Waals surface area contributed by atoms with Gasteiger partial charge in [-0.25, -0.2) is 12.8 Å². The van der Waals surface area contributed by atoms with Crippen molar-refractivity contribution in [2.24, 2.45) is 4.99 Å². The largest absolute Gasteiger partial charge is 0.353 e. The summed E-state index contributed by atoms with van der Waals surface area (Å²) in [6, 6.07) is 4.78. The highest BCUT2D eigenvalue weighted by atomic mass is 35.5. The zero-order valence-corrected chi connectivity index (χ0v) is 16.9. The first-order valence-electron chi connectivity index (χ1n) is 8.88. The van der Waals surface area contributed by atoms with Crippen LogP contribution in [0.15, 0.2) is 23.2 Å². The molecule has 144 valence electrons.